The number of pyridine rings is 1. The second-order valence-corrected chi connectivity index (χ2v) is 9.21. The third-order valence-corrected chi connectivity index (χ3v) is 6.91. The molecule has 7 heteroatoms. The van der Waals surface area contributed by atoms with Crippen LogP contribution in [0.5, 0.6) is 0 Å². The fourth-order valence-electron chi connectivity index (χ4n) is 4.82. The second-order valence-electron chi connectivity index (χ2n) is 9.21. The molecule has 1 aromatic carbocycles. The zero-order chi connectivity index (χ0) is 23.0. The van der Waals surface area contributed by atoms with Gasteiger partial charge in [-0.1, -0.05) is 43.3 Å². The monoisotopic (exact) mass is 449 g/mol. The largest absolute Gasteiger partial charge is 0.354 e. The molecule has 0 aliphatic carbocycles. The Hall–Kier alpha value is -2.64. The van der Waals surface area contributed by atoms with Crippen LogP contribution in [0.3, 0.4) is 0 Å². The van der Waals surface area contributed by atoms with Gasteiger partial charge in [0.15, 0.2) is 5.96 Å². The Morgan fingerprint density at radius 3 is 2.52 bits per heavy atom. The Bertz CT molecular complexity index is 875. The lowest BCUT2D eigenvalue weighted by Crippen LogP contribution is -2.46. The minimum atomic E-state index is 0.400. The van der Waals surface area contributed by atoms with E-state index in [0.29, 0.717) is 18.6 Å². The summed E-state index contributed by atoms with van der Waals surface area (Å²) >= 11 is 0. The maximum atomic E-state index is 4.72. The van der Waals surface area contributed by atoms with Crippen LogP contribution in [0.25, 0.3) is 0 Å². The van der Waals surface area contributed by atoms with Crippen molar-refractivity contribution >= 4 is 11.8 Å². The summed E-state index contributed by atoms with van der Waals surface area (Å²) in [6, 6.07) is 16.0. The van der Waals surface area contributed by atoms with Crippen LogP contribution in [0.1, 0.15) is 31.4 Å². The van der Waals surface area contributed by atoms with E-state index in [1.54, 1.807) is 0 Å². The quantitative estimate of drug-likeness (QED) is 0.501. The second kappa shape index (κ2) is 11.5. The molecule has 2 fully saturated rings. The number of nitrogens with zero attached hydrogens (tertiary/aromatic N) is 5. The molecule has 33 heavy (non-hydrogen) atoms. The average Bonchev–Trinajstić information content (AvgIpc) is 3.21. The fraction of sp³-hybridized carbons (Fsp3) is 0.538. The molecule has 0 amide bonds. The first kappa shape index (κ1) is 23.5. The maximum absolute atomic E-state index is 4.72. The zero-order valence-electron chi connectivity index (χ0n) is 20.4. The standard InChI is InChI=1S/C26H39N7/c1-4-31-12-14-32(15-13-31)25-11-10-23(17-28-25)18-29-26(27-3)30-24-16-21(2)33(20-24)19-22-8-6-5-7-9-22/h5-11,17,21,24H,4,12-16,18-20H2,1-3H3,(H2,27,29,30). The Balaban J connectivity index is 1.23. The van der Waals surface area contributed by atoms with E-state index in [0.717, 1.165) is 64.0 Å². The summed E-state index contributed by atoms with van der Waals surface area (Å²) in [5.74, 6) is 1.93. The molecule has 2 saturated heterocycles. The predicted molar refractivity (Wildman–Crippen MR) is 137 cm³/mol. The highest BCUT2D eigenvalue weighted by molar-refractivity contribution is 5.80. The third-order valence-electron chi connectivity index (χ3n) is 6.91. The number of likely N-dealkylation sites (N-methyl/N-ethyl adjacent to an activating group) is 1. The molecule has 178 valence electrons. The molecule has 0 radical (unpaired) electrons. The summed E-state index contributed by atoms with van der Waals surface area (Å²) in [7, 11) is 1.84. The van der Waals surface area contributed by atoms with E-state index in [4.69, 9.17) is 4.98 Å². The minimum Gasteiger partial charge on any atom is -0.354 e. The summed E-state index contributed by atoms with van der Waals surface area (Å²) in [4.78, 5) is 16.6. The lowest BCUT2D eigenvalue weighted by molar-refractivity contribution is 0.258. The van der Waals surface area contributed by atoms with Crippen molar-refractivity contribution in [2.75, 3.05) is 51.2 Å². The maximum Gasteiger partial charge on any atom is 0.191 e. The van der Waals surface area contributed by atoms with Crippen molar-refractivity contribution < 1.29 is 0 Å². The molecule has 2 N–H and O–H groups in total. The molecule has 4 rings (SSSR count). The zero-order valence-corrected chi connectivity index (χ0v) is 20.4. The molecule has 0 bridgehead atoms. The number of benzene rings is 1. The molecule has 7 nitrogen and oxygen atoms in total. The van der Waals surface area contributed by atoms with Gasteiger partial charge < -0.3 is 20.4 Å². The van der Waals surface area contributed by atoms with Gasteiger partial charge >= 0.3 is 0 Å². The van der Waals surface area contributed by atoms with Gasteiger partial charge in [0.25, 0.3) is 0 Å². The Morgan fingerprint density at radius 1 is 1.06 bits per heavy atom. The molecule has 2 aliphatic rings. The lowest BCUT2D eigenvalue weighted by atomic mass is 10.2. The predicted octanol–water partition coefficient (Wildman–Crippen LogP) is 2.55. The summed E-state index contributed by atoms with van der Waals surface area (Å²) in [6.07, 6.45) is 3.11. The number of aliphatic imine (C=N–C) groups is 1. The number of hydrogen-bond acceptors (Lipinski definition) is 5. The van der Waals surface area contributed by atoms with Crippen LogP contribution < -0.4 is 15.5 Å². The minimum absolute atomic E-state index is 0.400. The summed E-state index contributed by atoms with van der Waals surface area (Å²) < 4.78 is 0. The van der Waals surface area contributed by atoms with Crippen molar-refractivity contribution in [1.82, 2.24) is 25.4 Å². The summed E-state index contributed by atoms with van der Waals surface area (Å²) in [6.45, 7) is 12.8. The number of likely N-dealkylation sites (tertiary alicyclic amines) is 1. The van der Waals surface area contributed by atoms with Crippen molar-refractivity contribution in [3.05, 3.63) is 59.8 Å². The highest BCUT2D eigenvalue weighted by Crippen LogP contribution is 2.20. The molecule has 2 aromatic rings. The SMILES string of the molecule is CCN1CCN(c2ccc(CNC(=NC)NC3CC(C)N(Cc4ccccc4)C3)cn2)CC1. The van der Waals surface area contributed by atoms with E-state index < -0.39 is 0 Å². The topological polar surface area (TPSA) is 59.0 Å². The van der Waals surface area contributed by atoms with Crippen molar-refractivity contribution in [3.63, 3.8) is 0 Å². The number of nitrogens with one attached hydrogen (secondary N) is 2. The lowest BCUT2D eigenvalue weighted by Gasteiger charge is -2.34. The van der Waals surface area contributed by atoms with Gasteiger partial charge in [-0.15, -0.1) is 0 Å². The van der Waals surface area contributed by atoms with E-state index in [1.807, 2.05) is 13.2 Å². The number of rotatable bonds is 7. The molecule has 1 aromatic heterocycles. The number of piperazine rings is 1. The smallest absolute Gasteiger partial charge is 0.191 e. The molecule has 2 aliphatic heterocycles. The van der Waals surface area contributed by atoms with Crippen LogP contribution >= 0.6 is 0 Å². The van der Waals surface area contributed by atoms with E-state index in [1.165, 1.54) is 11.1 Å². The van der Waals surface area contributed by atoms with Gasteiger partial charge in [-0.05, 0) is 37.1 Å². The van der Waals surface area contributed by atoms with Crippen LogP contribution in [0.2, 0.25) is 0 Å². The molecule has 2 unspecified atom stereocenters. The van der Waals surface area contributed by atoms with E-state index in [9.17, 15) is 0 Å². The average molecular weight is 450 g/mol. The van der Waals surface area contributed by atoms with Crippen LogP contribution in [0, 0.1) is 0 Å². The number of anilines is 1. The Morgan fingerprint density at radius 2 is 1.85 bits per heavy atom. The number of hydrogen-bond donors (Lipinski definition) is 2. The molecular weight excluding hydrogens is 410 g/mol. The van der Waals surface area contributed by atoms with Gasteiger partial charge in [-0.25, -0.2) is 4.98 Å². The van der Waals surface area contributed by atoms with Gasteiger partial charge in [0.05, 0.1) is 0 Å². The van der Waals surface area contributed by atoms with Crippen molar-refractivity contribution in [2.45, 2.75) is 45.4 Å². The molecular formula is C26H39N7. The van der Waals surface area contributed by atoms with Gasteiger partial charge in [-0.2, -0.15) is 0 Å². The normalized spacial score (nSPS) is 22.5. The van der Waals surface area contributed by atoms with Crippen LogP contribution in [-0.2, 0) is 13.1 Å². The van der Waals surface area contributed by atoms with Crippen LogP contribution in [0.15, 0.2) is 53.7 Å². The summed E-state index contributed by atoms with van der Waals surface area (Å²) in [5, 5.41) is 7.08. The van der Waals surface area contributed by atoms with E-state index in [2.05, 4.69) is 86.6 Å². The highest BCUT2D eigenvalue weighted by Gasteiger charge is 2.29. The summed E-state index contributed by atoms with van der Waals surface area (Å²) in [5.41, 5.74) is 2.54. The molecule has 2 atom stereocenters. The van der Waals surface area contributed by atoms with Crippen LogP contribution in [0.4, 0.5) is 5.82 Å². The first-order valence-electron chi connectivity index (χ1n) is 12.3. The van der Waals surface area contributed by atoms with Gasteiger partial charge in [0.1, 0.15) is 5.82 Å². The van der Waals surface area contributed by atoms with E-state index >= 15 is 0 Å². The molecule has 0 spiro atoms. The van der Waals surface area contributed by atoms with E-state index in [-0.39, 0.29) is 0 Å². The number of aromatic nitrogens is 1. The molecule has 0 saturated carbocycles. The Labute approximate surface area is 198 Å². The van der Waals surface area contributed by atoms with Gasteiger partial charge in [-0.3, -0.25) is 9.89 Å². The van der Waals surface area contributed by atoms with Crippen molar-refractivity contribution in [3.8, 4) is 0 Å². The van der Waals surface area contributed by atoms with Crippen molar-refractivity contribution in [2.24, 2.45) is 4.99 Å². The fourth-order valence-corrected chi connectivity index (χ4v) is 4.82. The first-order chi connectivity index (χ1) is 16.1. The van der Waals surface area contributed by atoms with Gasteiger partial charge in [0, 0.05) is 71.1 Å². The van der Waals surface area contributed by atoms with Crippen LogP contribution in [-0.4, -0.2) is 79.1 Å². The molecule has 3 heterocycles. The van der Waals surface area contributed by atoms with Crippen molar-refractivity contribution in [1.29, 1.82) is 0 Å². The van der Waals surface area contributed by atoms with Gasteiger partial charge in [0.2, 0.25) is 0 Å². The number of guanidine groups is 1. The first-order valence-corrected chi connectivity index (χ1v) is 12.3. The highest BCUT2D eigenvalue weighted by atomic mass is 15.3. The third kappa shape index (κ3) is 6.45. The Kier molecular flexibility index (Phi) is 8.18.